The van der Waals surface area contributed by atoms with Crippen LogP contribution in [-0.4, -0.2) is 81.4 Å². The fraction of sp³-hybridized carbons (Fsp3) is 0.895. The standard InChI is InChI=1S/C19H36N2O5/c1-4-17(22)7-11-24-14-15-25-12-8-20-19(23)18-6-5-9-21(18)10-13-26-16(2)3/h16,18H,4-15H2,1-3H3,(H,20,23)/t18-/m0/s1. The van der Waals surface area contributed by atoms with Crippen molar-refractivity contribution in [1.82, 2.24) is 10.2 Å². The van der Waals surface area contributed by atoms with Crippen LogP contribution in [0.4, 0.5) is 0 Å². The molecule has 0 aromatic heterocycles. The Morgan fingerprint density at radius 3 is 2.54 bits per heavy atom. The number of hydrogen-bond acceptors (Lipinski definition) is 6. The monoisotopic (exact) mass is 372 g/mol. The Morgan fingerprint density at radius 1 is 1.12 bits per heavy atom. The van der Waals surface area contributed by atoms with Gasteiger partial charge in [-0.1, -0.05) is 6.92 Å². The second-order valence-corrected chi connectivity index (χ2v) is 6.77. The molecule has 1 aliphatic rings. The first-order chi connectivity index (χ1) is 12.5. The van der Waals surface area contributed by atoms with Gasteiger partial charge in [-0.25, -0.2) is 0 Å². The maximum absolute atomic E-state index is 12.3. The first kappa shape index (κ1) is 23.0. The number of ether oxygens (including phenoxy) is 3. The van der Waals surface area contributed by atoms with Crippen LogP contribution in [0.1, 0.15) is 46.5 Å². The van der Waals surface area contributed by atoms with Crippen molar-refractivity contribution in [2.45, 2.75) is 58.6 Å². The van der Waals surface area contributed by atoms with Crippen LogP contribution in [0.25, 0.3) is 0 Å². The van der Waals surface area contributed by atoms with Crippen LogP contribution in [0.5, 0.6) is 0 Å². The third-order valence-corrected chi connectivity index (χ3v) is 4.33. The summed E-state index contributed by atoms with van der Waals surface area (Å²) < 4.78 is 16.4. The van der Waals surface area contributed by atoms with Gasteiger partial charge in [0.2, 0.25) is 5.91 Å². The van der Waals surface area contributed by atoms with Gasteiger partial charge in [0, 0.05) is 25.9 Å². The number of carbonyl (C=O) groups excluding carboxylic acids is 2. The fourth-order valence-corrected chi connectivity index (χ4v) is 2.85. The van der Waals surface area contributed by atoms with E-state index in [0.29, 0.717) is 52.4 Å². The number of likely N-dealkylation sites (tertiary alicyclic amines) is 1. The third-order valence-electron chi connectivity index (χ3n) is 4.33. The summed E-state index contributed by atoms with van der Waals surface area (Å²) in [6.45, 7) is 10.7. The molecular formula is C19H36N2O5. The number of ketones is 1. The van der Waals surface area contributed by atoms with Crippen molar-refractivity contribution in [3.05, 3.63) is 0 Å². The lowest BCUT2D eigenvalue weighted by atomic mass is 10.2. The maximum Gasteiger partial charge on any atom is 0.237 e. The molecule has 0 aromatic carbocycles. The van der Waals surface area contributed by atoms with E-state index in [-0.39, 0.29) is 23.8 Å². The Morgan fingerprint density at radius 2 is 1.85 bits per heavy atom. The smallest absolute Gasteiger partial charge is 0.237 e. The van der Waals surface area contributed by atoms with Crippen LogP contribution in [0.2, 0.25) is 0 Å². The molecule has 152 valence electrons. The molecule has 1 atom stereocenters. The topological polar surface area (TPSA) is 77.1 Å². The number of Topliss-reactive ketones (excluding diaryl/α,β-unsaturated/α-hetero) is 1. The minimum atomic E-state index is -0.0507. The zero-order valence-corrected chi connectivity index (χ0v) is 16.6. The van der Waals surface area contributed by atoms with E-state index in [2.05, 4.69) is 10.2 Å². The highest BCUT2D eigenvalue weighted by Gasteiger charge is 2.29. The number of carbonyl (C=O) groups is 2. The van der Waals surface area contributed by atoms with Crippen molar-refractivity contribution in [3.8, 4) is 0 Å². The van der Waals surface area contributed by atoms with Crippen molar-refractivity contribution in [3.63, 3.8) is 0 Å². The van der Waals surface area contributed by atoms with Crippen molar-refractivity contribution in [2.75, 3.05) is 52.7 Å². The van der Waals surface area contributed by atoms with Gasteiger partial charge in [0.1, 0.15) is 5.78 Å². The van der Waals surface area contributed by atoms with Gasteiger partial charge in [0.15, 0.2) is 0 Å². The first-order valence-electron chi connectivity index (χ1n) is 9.85. The molecule has 7 heteroatoms. The molecule has 1 N–H and O–H groups in total. The minimum absolute atomic E-state index is 0.0507. The number of amides is 1. The number of nitrogens with zero attached hydrogens (tertiary/aromatic N) is 1. The molecule has 0 unspecified atom stereocenters. The third kappa shape index (κ3) is 10.2. The fourth-order valence-electron chi connectivity index (χ4n) is 2.85. The lowest BCUT2D eigenvalue weighted by Gasteiger charge is -2.24. The van der Waals surface area contributed by atoms with Crippen molar-refractivity contribution in [1.29, 1.82) is 0 Å². The van der Waals surface area contributed by atoms with Gasteiger partial charge in [-0.05, 0) is 33.2 Å². The van der Waals surface area contributed by atoms with E-state index in [1.54, 1.807) is 0 Å². The summed E-state index contributed by atoms with van der Waals surface area (Å²) in [7, 11) is 0. The second-order valence-electron chi connectivity index (χ2n) is 6.77. The van der Waals surface area contributed by atoms with Crippen LogP contribution < -0.4 is 5.32 Å². The van der Waals surface area contributed by atoms with Crippen LogP contribution >= 0.6 is 0 Å². The molecule has 1 rings (SSSR count). The summed E-state index contributed by atoms with van der Waals surface area (Å²) in [5, 5.41) is 2.95. The van der Waals surface area contributed by atoms with Crippen LogP contribution in [0.15, 0.2) is 0 Å². The molecule has 0 aromatic rings. The zero-order valence-electron chi connectivity index (χ0n) is 16.6. The Kier molecular flexibility index (Phi) is 12.5. The molecule has 0 bridgehead atoms. The number of hydrogen-bond donors (Lipinski definition) is 1. The summed E-state index contributed by atoms with van der Waals surface area (Å²) in [6.07, 6.45) is 3.19. The van der Waals surface area contributed by atoms with Gasteiger partial charge in [0.25, 0.3) is 0 Å². The van der Waals surface area contributed by atoms with Gasteiger partial charge in [0.05, 0.1) is 45.2 Å². The second kappa shape index (κ2) is 14.1. The molecule has 0 radical (unpaired) electrons. The van der Waals surface area contributed by atoms with Gasteiger partial charge in [-0.2, -0.15) is 0 Å². The predicted octanol–water partition coefficient (Wildman–Crippen LogP) is 1.39. The normalized spacial score (nSPS) is 17.8. The Hall–Kier alpha value is -1.02. The number of rotatable bonds is 15. The Labute approximate surface area is 157 Å². The molecule has 1 aliphatic heterocycles. The molecule has 7 nitrogen and oxygen atoms in total. The highest BCUT2D eigenvalue weighted by molar-refractivity contribution is 5.82. The van der Waals surface area contributed by atoms with Gasteiger partial charge in [-0.15, -0.1) is 0 Å². The quantitative estimate of drug-likeness (QED) is 0.438. The number of nitrogens with one attached hydrogen (secondary N) is 1. The molecule has 0 saturated carbocycles. The Bertz CT molecular complexity index is 403. The summed E-state index contributed by atoms with van der Waals surface area (Å²) in [5.41, 5.74) is 0. The molecule has 1 fully saturated rings. The molecular weight excluding hydrogens is 336 g/mol. The highest BCUT2D eigenvalue weighted by Crippen LogP contribution is 2.16. The highest BCUT2D eigenvalue weighted by atomic mass is 16.5. The van der Waals surface area contributed by atoms with Crippen molar-refractivity contribution >= 4 is 11.7 Å². The molecule has 1 amide bonds. The van der Waals surface area contributed by atoms with E-state index >= 15 is 0 Å². The van der Waals surface area contributed by atoms with Crippen molar-refractivity contribution in [2.24, 2.45) is 0 Å². The summed E-state index contributed by atoms with van der Waals surface area (Å²) in [5.74, 6) is 0.287. The summed E-state index contributed by atoms with van der Waals surface area (Å²) in [4.78, 5) is 25.6. The Balaban J connectivity index is 2.02. The lowest BCUT2D eigenvalue weighted by molar-refractivity contribution is -0.126. The molecule has 1 heterocycles. The predicted molar refractivity (Wildman–Crippen MR) is 100 cm³/mol. The van der Waals surface area contributed by atoms with E-state index in [1.165, 1.54) is 0 Å². The average molecular weight is 373 g/mol. The minimum Gasteiger partial charge on any atom is -0.379 e. The van der Waals surface area contributed by atoms with Crippen LogP contribution in [-0.2, 0) is 23.8 Å². The molecule has 0 spiro atoms. The first-order valence-corrected chi connectivity index (χ1v) is 9.85. The van der Waals surface area contributed by atoms with E-state index < -0.39 is 0 Å². The van der Waals surface area contributed by atoms with Gasteiger partial charge >= 0.3 is 0 Å². The van der Waals surface area contributed by atoms with E-state index in [9.17, 15) is 9.59 Å². The summed E-state index contributed by atoms with van der Waals surface area (Å²) in [6, 6.07) is -0.0507. The zero-order chi connectivity index (χ0) is 19.2. The maximum atomic E-state index is 12.3. The lowest BCUT2D eigenvalue weighted by Crippen LogP contribution is -2.45. The molecule has 1 saturated heterocycles. The van der Waals surface area contributed by atoms with E-state index in [0.717, 1.165) is 25.9 Å². The van der Waals surface area contributed by atoms with E-state index in [1.807, 2.05) is 20.8 Å². The van der Waals surface area contributed by atoms with Crippen molar-refractivity contribution < 1.29 is 23.8 Å². The summed E-state index contributed by atoms with van der Waals surface area (Å²) >= 11 is 0. The molecule has 26 heavy (non-hydrogen) atoms. The van der Waals surface area contributed by atoms with Gasteiger partial charge in [-0.3, -0.25) is 14.5 Å². The molecule has 0 aliphatic carbocycles. The largest absolute Gasteiger partial charge is 0.379 e. The van der Waals surface area contributed by atoms with Gasteiger partial charge < -0.3 is 19.5 Å². The SMILES string of the molecule is CCC(=O)CCOCCOCCNC(=O)[C@@H]1CCCN1CCOC(C)C. The van der Waals surface area contributed by atoms with Crippen LogP contribution in [0.3, 0.4) is 0 Å². The van der Waals surface area contributed by atoms with E-state index in [4.69, 9.17) is 14.2 Å². The average Bonchev–Trinajstić information content (AvgIpc) is 3.08. The van der Waals surface area contributed by atoms with Crippen LogP contribution in [0, 0.1) is 0 Å².